The highest BCUT2D eigenvalue weighted by molar-refractivity contribution is 5.80. The third-order valence-corrected chi connectivity index (χ3v) is 3.89. The number of amides is 1. The largest absolute Gasteiger partial charge is 0.508 e. The van der Waals surface area contributed by atoms with Crippen molar-refractivity contribution in [2.24, 2.45) is 0 Å². The topological polar surface area (TPSA) is 87.1 Å². The molecular formula is C17H23NO5. The zero-order valence-corrected chi connectivity index (χ0v) is 13.7. The van der Waals surface area contributed by atoms with Crippen LogP contribution in [0.4, 0.5) is 4.79 Å². The molecule has 1 fully saturated rings. The molecule has 2 atom stereocenters. The van der Waals surface area contributed by atoms with Crippen molar-refractivity contribution >= 4 is 12.1 Å². The van der Waals surface area contributed by atoms with E-state index in [1.54, 1.807) is 39.0 Å². The summed E-state index contributed by atoms with van der Waals surface area (Å²) in [6.07, 6.45) is 0.230. The monoisotopic (exact) mass is 321 g/mol. The summed E-state index contributed by atoms with van der Waals surface area (Å²) in [5, 5.41) is 19.4. The number of carbonyl (C=O) groups is 2. The number of phenolic OH excluding ortho intramolecular Hbond substituents is 1. The molecule has 23 heavy (non-hydrogen) atoms. The number of carboxylic acid groups (broad SMARTS) is 1. The minimum absolute atomic E-state index is 0.101. The van der Waals surface area contributed by atoms with Gasteiger partial charge < -0.3 is 14.9 Å². The smallest absolute Gasteiger partial charge is 0.411 e. The molecule has 0 bridgehead atoms. The van der Waals surface area contributed by atoms with Crippen LogP contribution in [0.15, 0.2) is 24.3 Å². The number of hydrogen-bond donors (Lipinski definition) is 2. The number of benzene rings is 1. The van der Waals surface area contributed by atoms with Gasteiger partial charge in [-0.2, -0.15) is 0 Å². The molecule has 0 saturated carbocycles. The Morgan fingerprint density at radius 3 is 2.48 bits per heavy atom. The van der Waals surface area contributed by atoms with Crippen LogP contribution in [-0.2, 0) is 9.53 Å². The van der Waals surface area contributed by atoms with E-state index in [0.717, 1.165) is 5.56 Å². The van der Waals surface area contributed by atoms with Gasteiger partial charge in [-0.05, 0) is 51.2 Å². The van der Waals surface area contributed by atoms with Crippen LogP contribution in [0.3, 0.4) is 0 Å². The molecule has 0 aromatic heterocycles. The molecule has 1 aliphatic rings. The van der Waals surface area contributed by atoms with Gasteiger partial charge in [0.15, 0.2) is 0 Å². The lowest BCUT2D eigenvalue weighted by Gasteiger charge is -2.38. The first-order valence-electron chi connectivity index (χ1n) is 7.69. The van der Waals surface area contributed by atoms with Gasteiger partial charge in [-0.1, -0.05) is 18.2 Å². The quantitative estimate of drug-likeness (QED) is 0.874. The second-order valence-electron chi connectivity index (χ2n) is 6.81. The van der Waals surface area contributed by atoms with Crippen molar-refractivity contribution in [2.75, 3.05) is 6.54 Å². The van der Waals surface area contributed by atoms with E-state index in [1.807, 2.05) is 6.07 Å². The van der Waals surface area contributed by atoms with E-state index in [0.29, 0.717) is 6.42 Å². The molecule has 1 amide bonds. The van der Waals surface area contributed by atoms with Crippen molar-refractivity contribution in [3.8, 4) is 5.75 Å². The van der Waals surface area contributed by atoms with E-state index < -0.39 is 23.7 Å². The second kappa shape index (κ2) is 6.48. The van der Waals surface area contributed by atoms with Crippen LogP contribution in [0.5, 0.6) is 5.75 Å². The van der Waals surface area contributed by atoms with Crippen molar-refractivity contribution in [2.45, 2.75) is 51.2 Å². The third kappa shape index (κ3) is 4.15. The zero-order valence-electron chi connectivity index (χ0n) is 13.7. The van der Waals surface area contributed by atoms with Crippen LogP contribution in [0.1, 0.15) is 45.1 Å². The SMILES string of the molecule is CC(C)(C)OC(=O)N1CCC(c2ccccc2O)CC1C(=O)O. The van der Waals surface area contributed by atoms with Crippen LogP contribution in [0.25, 0.3) is 0 Å². The lowest BCUT2D eigenvalue weighted by atomic mass is 9.85. The highest BCUT2D eigenvalue weighted by Gasteiger charge is 2.39. The molecule has 0 aliphatic carbocycles. The number of ether oxygens (including phenoxy) is 1. The Hall–Kier alpha value is -2.24. The fourth-order valence-electron chi connectivity index (χ4n) is 2.85. The molecule has 0 radical (unpaired) electrons. The average molecular weight is 321 g/mol. The normalized spacial score (nSPS) is 21.8. The number of likely N-dealkylation sites (tertiary alicyclic amines) is 1. The highest BCUT2D eigenvalue weighted by Crippen LogP contribution is 2.36. The molecule has 2 unspecified atom stereocenters. The first-order valence-corrected chi connectivity index (χ1v) is 7.69. The summed E-state index contributed by atoms with van der Waals surface area (Å²) in [7, 11) is 0. The first kappa shape index (κ1) is 17.1. The van der Waals surface area contributed by atoms with Crippen LogP contribution >= 0.6 is 0 Å². The molecule has 2 N–H and O–H groups in total. The predicted octanol–water partition coefficient (Wildman–Crippen LogP) is 2.96. The first-order chi connectivity index (χ1) is 10.7. The summed E-state index contributed by atoms with van der Waals surface area (Å²) in [5.41, 5.74) is 0.0527. The lowest BCUT2D eigenvalue weighted by molar-refractivity contribution is -0.144. The lowest BCUT2D eigenvalue weighted by Crippen LogP contribution is -2.51. The molecule has 6 nitrogen and oxygen atoms in total. The molecule has 1 aromatic rings. The van der Waals surface area contributed by atoms with Gasteiger partial charge in [-0.3, -0.25) is 4.90 Å². The summed E-state index contributed by atoms with van der Waals surface area (Å²) in [6.45, 7) is 5.52. The molecule has 1 saturated heterocycles. The Kier molecular flexibility index (Phi) is 4.82. The second-order valence-corrected chi connectivity index (χ2v) is 6.81. The van der Waals surface area contributed by atoms with Gasteiger partial charge in [0.05, 0.1) is 0 Å². The van der Waals surface area contributed by atoms with Gasteiger partial charge in [0.25, 0.3) is 0 Å². The maximum Gasteiger partial charge on any atom is 0.411 e. The van der Waals surface area contributed by atoms with E-state index >= 15 is 0 Å². The summed E-state index contributed by atoms with van der Waals surface area (Å²) in [5.74, 6) is -1.00. The summed E-state index contributed by atoms with van der Waals surface area (Å²) in [6, 6.07) is 5.96. The third-order valence-electron chi connectivity index (χ3n) is 3.89. The standard InChI is InChI=1S/C17H23NO5/c1-17(2,3)23-16(22)18-9-8-11(10-13(18)15(20)21)12-6-4-5-7-14(12)19/h4-7,11,13,19H,8-10H2,1-3H3,(H,20,21). The molecule has 1 heterocycles. The van der Waals surface area contributed by atoms with Crippen LogP contribution < -0.4 is 0 Å². The number of carbonyl (C=O) groups excluding carboxylic acids is 1. The van der Waals surface area contributed by atoms with E-state index in [1.165, 1.54) is 4.90 Å². The fourth-order valence-corrected chi connectivity index (χ4v) is 2.85. The van der Waals surface area contributed by atoms with Crippen molar-refractivity contribution in [1.29, 1.82) is 0 Å². The molecule has 0 spiro atoms. The Balaban J connectivity index is 2.17. The van der Waals surface area contributed by atoms with Crippen LogP contribution in [0, 0.1) is 0 Å². The van der Waals surface area contributed by atoms with Crippen molar-refractivity contribution < 1.29 is 24.5 Å². The number of hydrogen-bond acceptors (Lipinski definition) is 4. The Labute approximate surface area is 135 Å². The minimum Gasteiger partial charge on any atom is -0.508 e. The zero-order chi connectivity index (χ0) is 17.2. The summed E-state index contributed by atoms with van der Waals surface area (Å²) in [4.78, 5) is 25.1. The highest BCUT2D eigenvalue weighted by atomic mass is 16.6. The number of carboxylic acids is 1. The number of para-hydroxylation sites is 1. The Morgan fingerprint density at radius 1 is 1.26 bits per heavy atom. The number of phenols is 1. The average Bonchev–Trinajstić information content (AvgIpc) is 2.45. The molecule has 6 heteroatoms. The van der Waals surface area contributed by atoms with E-state index in [9.17, 15) is 19.8 Å². The van der Waals surface area contributed by atoms with Crippen molar-refractivity contribution in [1.82, 2.24) is 4.90 Å². The van der Waals surface area contributed by atoms with Crippen molar-refractivity contribution in [3.05, 3.63) is 29.8 Å². The Bertz CT molecular complexity index is 593. The van der Waals surface area contributed by atoms with E-state index in [4.69, 9.17) is 4.74 Å². The van der Waals surface area contributed by atoms with Gasteiger partial charge in [0, 0.05) is 6.54 Å². The van der Waals surface area contributed by atoms with E-state index in [2.05, 4.69) is 0 Å². The summed E-state index contributed by atoms with van der Waals surface area (Å²) < 4.78 is 5.30. The number of nitrogens with zero attached hydrogens (tertiary/aromatic N) is 1. The molecule has 126 valence electrons. The number of piperidine rings is 1. The number of aromatic hydroxyl groups is 1. The van der Waals surface area contributed by atoms with Gasteiger partial charge in [0.1, 0.15) is 17.4 Å². The summed E-state index contributed by atoms with van der Waals surface area (Å²) >= 11 is 0. The van der Waals surface area contributed by atoms with Gasteiger partial charge in [0.2, 0.25) is 0 Å². The fraction of sp³-hybridized carbons (Fsp3) is 0.529. The molecule has 1 aliphatic heterocycles. The van der Waals surface area contributed by atoms with Gasteiger partial charge in [-0.25, -0.2) is 9.59 Å². The van der Waals surface area contributed by atoms with Crippen LogP contribution in [0.2, 0.25) is 0 Å². The predicted molar refractivity (Wildman–Crippen MR) is 84.4 cm³/mol. The molecule has 2 rings (SSSR count). The number of rotatable bonds is 2. The van der Waals surface area contributed by atoms with E-state index in [-0.39, 0.29) is 24.6 Å². The van der Waals surface area contributed by atoms with Gasteiger partial charge >= 0.3 is 12.1 Å². The molecular weight excluding hydrogens is 298 g/mol. The Morgan fingerprint density at radius 2 is 1.91 bits per heavy atom. The minimum atomic E-state index is -1.06. The maximum atomic E-state index is 12.2. The van der Waals surface area contributed by atoms with Crippen LogP contribution in [-0.4, -0.2) is 45.4 Å². The molecule has 1 aromatic carbocycles. The maximum absolute atomic E-state index is 12.2. The van der Waals surface area contributed by atoms with Gasteiger partial charge in [-0.15, -0.1) is 0 Å². The van der Waals surface area contributed by atoms with Crippen molar-refractivity contribution in [3.63, 3.8) is 0 Å². The number of aliphatic carboxylic acids is 1.